The maximum atomic E-state index is 5.86. The van der Waals surface area contributed by atoms with E-state index in [1.807, 2.05) is 37.4 Å². The summed E-state index contributed by atoms with van der Waals surface area (Å²) in [6.07, 6.45) is 3.39. The molecule has 19 heavy (non-hydrogen) atoms. The lowest BCUT2D eigenvalue weighted by Gasteiger charge is -2.05. The summed E-state index contributed by atoms with van der Waals surface area (Å²) in [6.45, 7) is 2.06. The van der Waals surface area contributed by atoms with E-state index in [4.69, 9.17) is 4.42 Å². The summed E-state index contributed by atoms with van der Waals surface area (Å²) in [7, 11) is 1.92. The van der Waals surface area contributed by atoms with E-state index in [1.165, 1.54) is 0 Å². The molecule has 0 aliphatic heterocycles. The van der Waals surface area contributed by atoms with Gasteiger partial charge in [-0.3, -0.25) is 9.97 Å². The Bertz CT molecular complexity index is 705. The predicted molar refractivity (Wildman–Crippen MR) is 74.7 cm³/mol. The van der Waals surface area contributed by atoms with Gasteiger partial charge in [-0.25, -0.2) is 0 Å². The van der Waals surface area contributed by atoms with Crippen LogP contribution in [0.15, 0.2) is 47.1 Å². The highest BCUT2D eigenvalue weighted by Crippen LogP contribution is 2.26. The molecule has 1 aromatic carbocycles. The van der Waals surface area contributed by atoms with Crippen LogP contribution in [0.3, 0.4) is 0 Å². The zero-order valence-corrected chi connectivity index (χ0v) is 10.9. The van der Waals surface area contributed by atoms with Crippen molar-refractivity contribution in [2.75, 3.05) is 7.05 Å². The zero-order chi connectivity index (χ0) is 13.2. The Balaban J connectivity index is 2.01. The van der Waals surface area contributed by atoms with Gasteiger partial charge in [0.05, 0.1) is 17.1 Å². The number of hydrogen-bond donors (Lipinski definition) is 1. The summed E-state index contributed by atoms with van der Waals surface area (Å²) in [5, 5.41) is 3.16. The van der Waals surface area contributed by atoms with Gasteiger partial charge in [-0.15, -0.1) is 0 Å². The largest absolute Gasteiger partial charge is 0.459 e. The van der Waals surface area contributed by atoms with Gasteiger partial charge >= 0.3 is 0 Å². The first-order valence-corrected chi connectivity index (χ1v) is 6.26. The number of hydrogen-bond acceptors (Lipinski definition) is 4. The summed E-state index contributed by atoms with van der Waals surface area (Å²) < 4.78 is 5.86. The van der Waals surface area contributed by atoms with Crippen LogP contribution in [0, 0.1) is 0 Å². The predicted octanol–water partition coefficient (Wildman–Crippen LogP) is 3.17. The molecule has 1 N–H and O–H groups in total. The Labute approximate surface area is 111 Å². The van der Waals surface area contributed by atoms with E-state index in [1.54, 1.807) is 12.4 Å². The fourth-order valence-corrected chi connectivity index (χ4v) is 2.00. The lowest BCUT2D eigenvalue weighted by molar-refractivity contribution is 0.458. The molecular formula is C15H15N3O. The molecule has 0 saturated carbocycles. The molecule has 0 aliphatic rings. The highest BCUT2D eigenvalue weighted by atomic mass is 16.3. The van der Waals surface area contributed by atoms with Gasteiger partial charge in [-0.2, -0.15) is 0 Å². The molecule has 0 radical (unpaired) electrons. The quantitative estimate of drug-likeness (QED) is 0.779. The molecule has 4 nitrogen and oxygen atoms in total. The summed E-state index contributed by atoms with van der Waals surface area (Å²) in [5.74, 6) is 1.78. The van der Waals surface area contributed by atoms with Crippen molar-refractivity contribution in [1.29, 1.82) is 0 Å². The highest BCUT2D eigenvalue weighted by molar-refractivity contribution is 5.79. The van der Waals surface area contributed by atoms with E-state index in [9.17, 15) is 0 Å². The van der Waals surface area contributed by atoms with Gasteiger partial charge in [0, 0.05) is 18.0 Å². The minimum absolute atomic E-state index is 0.203. The van der Waals surface area contributed by atoms with E-state index >= 15 is 0 Å². The van der Waals surface area contributed by atoms with E-state index in [-0.39, 0.29) is 6.04 Å². The van der Waals surface area contributed by atoms with Crippen molar-refractivity contribution in [1.82, 2.24) is 15.3 Å². The minimum Gasteiger partial charge on any atom is -0.459 e. The van der Waals surface area contributed by atoms with Gasteiger partial charge in [-0.1, -0.05) is 0 Å². The first-order valence-electron chi connectivity index (χ1n) is 6.26. The first-order chi connectivity index (χ1) is 9.28. The summed E-state index contributed by atoms with van der Waals surface area (Å²) in [5.41, 5.74) is 2.78. The normalized spacial score (nSPS) is 12.7. The number of nitrogens with zero attached hydrogens (tertiary/aromatic N) is 2. The molecule has 0 amide bonds. The molecule has 1 atom stereocenters. The molecule has 3 aromatic rings. The lowest BCUT2D eigenvalue weighted by Crippen LogP contribution is -2.10. The Morgan fingerprint density at radius 1 is 1.05 bits per heavy atom. The smallest absolute Gasteiger partial charge is 0.134 e. The van der Waals surface area contributed by atoms with E-state index in [0.29, 0.717) is 0 Å². The highest BCUT2D eigenvalue weighted by Gasteiger charge is 2.10. The number of nitrogens with one attached hydrogen (secondary N) is 1. The van der Waals surface area contributed by atoms with Crippen molar-refractivity contribution in [2.24, 2.45) is 0 Å². The van der Waals surface area contributed by atoms with Crippen molar-refractivity contribution in [3.05, 3.63) is 48.5 Å². The van der Waals surface area contributed by atoms with Crippen molar-refractivity contribution in [2.45, 2.75) is 13.0 Å². The van der Waals surface area contributed by atoms with Gasteiger partial charge in [-0.05, 0) is 44.3 Å². The van der Waals surface area contributed by atoms with Gasteiger partial charge in [0.15, 0.2) is 0 Å². The molecule has 2 aromatic heterocycles. The Hall–Kier alpha value is -2.20. The number of benzene rings is 1. The van der Waals surface area contributed by atoms with Crippen LogP contribution in [-0.4, -0.2) is 17.0 Å². The molecular weight excluding hydrogens is 238 g/mol. The lowest BCUT2D eigenvalue weighted by atomic mass is 10.1. The Kier molecular flexibility index (Phi) is 3.01. The summed E-state index contributed by atoms with van der Waals surface area (Å²) in [4.78, 5) is 8.57. The van der Waals surface area contributed by atoms with E-state index < -0.39 is 0 Å². The molecule has 1 unspecified atom stereocenters. The molecule has 0 fully saturated rings. The van der Waals surface area contributed by atoms with Crippen molar-refractivity contribution in [3.8, 4) is 11.3 Å². The third-order valence-electron chi connectivity index (χ3n) is 3.24. The van der Waals surface area contributed by atoms with Crippen molar-refractivity contribution >= 4 is 11.0 Å². The number of fused-ring (bicyclic) bond motifs is 1. The Morgan fingerprint density at radius 2 is 1.84 bits per heavy atom. The SMILES string of the molecule is CNC(C)c1ccc(-c2ccc3nccnc3c2)o1. The molecule has 3 rings (SSSR count). The third kappa shape index (κ3) is 2.22. The topological polar surface area (TPSA) is 51.0 Å². The maximum Gasteiger partial charge on any atom is 0.134 e. The Morgan fingerprint density at radius 3 is 2.63 bits per heavy atom. The van der Waals surface area contributed by atoms with Crippen LogP contribution >= 0.6 is 0 Å². The average molecular weight is 253 g/mol. The van der Waals surface area contributed by atoms with Crippen molar-refractivity contribution < 1.29 is 4.42 Å². The minimum atomic E-state index is 0.203. The fraction of sp³-hybridized carbons (Fsp3) is 0.200. The second-order valence-corrected chi connectivity index (χ2v) is 4.47. The molecule has 96 valence electrons. The number of aromatic nitrogens is 2. The van der Waals surface area contributed by atoms with Crippen LogP contribution in [0.2, 0.25) is 0 Å². The summed E-state index contributed by atoms with van der Waals surface area (Å²) in [6, 6.07) is 10.1. The molecule has 0 aliphatic carbocycles. The fourth-order valence-electron chi connectivity index (χ4n) is 2.00. The standard InChI is InChI=1S/C15H15N3O/c1-10(16-2)14-5-6-15(19-14)11-3-4-12-13(9-11)18-8-7-17-12/h3-10,16H,1-2H3. The monoisotopic (exact) mass is 253 g/mol. The van der Waals surface area contributed by atoms with Crippen LogP contribution in [0.1, 0.15) is 18.7 Å². The second-order valence-electron chi connectivity index (χ2n) is 4.47. The van der Waals surface area contributed by atoms with Crippen molar-refractivity contribution in [3.63, 3.8) is 0 Å². The molecule has 0 spiro atoms. The molecule has 0 bridgehead atoms. The van der Waals surface area contributed by atoms with Crippen LogP contribution in [0.5, 0.6) is 0 Å². The van der Waals surface area contributed by atoms with Crippen LogP contribution in [-0.2, 0) is 0 Å². The average Bonchev–Trinajstić information content (AvgIpc) is 2.95. The maximum absolute atomic E-state index is 5.86. The zero-order valence-electron chi connectivity index (χ0n) is 10.9. The van der Waals surface area contributed by atoms with Gasteiger partial charge < -0.3 is 9.73 Å². The van der Waals surface area contributed by atoms with E-state index in [0.717, 1.165) is 28.1 Å². The molecule has 2 heterocycles. The molecule has 4 heteroatoms. The van der Waals surface area contributed by atoms with Crippen LogP contribution in [0.25, 0.3) is 22.4 Å². The van der Waals surface area contributed by atoms with Crippen LogP contribution < -0.4 is 5.32 Å². The van der Waals surface area contributed by atoms with Crippen LogP contribution in [0.4, 0.5) is 0 Å². The van der Waals surface area contributed by atoms with E-state index in [2.05, 4.69) is 22.2 Å². The molecule has 0 saturated heterocycles. The van der Waals surface area contributed by atoms with Gasteiger partial charge in [0.25, 0.3) is 0 Å². The first kappa shape index (κ1) is 11.9. The third-order valence-corrected chi connectivity index (χ3v) is 3.24. The second kappa shape index (κ2) is 4.82. The summed E-state index contributed by atoms with van der Waals surface area (Å²) >= 11 is 0. The van der Waals surface area contributed by atoms with Gasteiger partial charge in [0.2, 0.25) is 0 Å². The number of furan rings is 1. The number of rotatable bonds is 3. The van der Waals surface area contributed by atoms with Gasteiger partial charge in [0.1, 0.15) is 11.5 Å².